The first-order valence-electron chi connectivity index (χ1n) is 3.67. The lowest BCUT2D eigenvalue weighted by molar-refractivity contribution is 1.11. The highest BCUT2D eigenvalue weighted by atomic mass is 14.9. The molecule has 0 atom stereocenters. The van der Waals surface area contributed by atoms with Gasteiger partial charge in [-0.25, -0.2) is 0 Å². The monoisotopic (exact) mass is 144 g/mol. The maximum Gasteiger partial charge on any atom is 0.101 e. The van der Waals surface area contributed by atoms with Gasteiger partial charge in [0.05, 0.1) is 11.3 Å². The first-order chi connectivity index (χ1) is 5.42. The number of fused-ring (bicyclic) bond motifs is 1. The highest BCUT2D eigenvalue weighted by Crippen LogP contribution is 2.25. The van der Waals surface area contributed by atoms with Crippen LogP contribution in [-0.2, 0) is 6.42 Å². The lowest BCUT2D eigenvalue weighted by Gasteiger charge is -1.99. The molecule has 1 N–H and O–H groups in total. The second-order valence-electron chi connectivity index (χ2n) is 2.63. The lowest BCUT2D eigenvalue weighted by Crippen LogP contribution is -1.92. The van der Waals surface area contributed by atoms with Gasteiger partial charge in [0, 0.05) is 6.54 Å². The van der Waals surface area contributed by atoms with Crippen molar-refractivity contribution in [2.24, 2.45) is 0 Å². The van der Waals surface area contributed by atoms with Crippen LogP contribution in [0.5, 0.6) is 0 Å². The van der Waals surface area contributed by atoms with Gasteiger partial charge >= 0.3 is 0 Å². The molecule has 0 amide bonds. The van der Waals surface area contributed by atoms with Crippen LogP contribution in [0.4, 0.5) is 5.69 Å². The Balaban J connectivity index is 2.61. The molecule has 0 unspecified atom stereocenters. The summed E-state index contributed by atoms with van der Waals surface area (Å²) in [6.45, 7) is 0.966. The van der Waals surface area contributed by atoms with Crippen LogP contribution in [0.2, 0.25) is 0 Å². The van der Waals surface area contributed by atoms with E-state index in [4.69, 9.17) is 5.26 Å². The van der Waals surface area contributed by atoms with Crippen molar-refractivity contribution in [3.63, 3.8) is 0 Å². The molecule has 2 nitrogen and oxygen atoms in total. The van der Waals surface area contributed by atoms with Crippen LogP contribution in [0, 0.1) is 11.3 Å². The molecule has 2 rings (SSSR count). The van der Waals surface area contributed by atoms with Gasteiger partial charge in [-0.3, -0.25) is 0 Å². The zero-order valence-electron chi connectivity index (χ0n) is 6.09. The van der Waals surface area contributed by atoms with Crippen molar-refractivity contribution in [1.29, 1.82) is 5.26 Å². The summed E-state index contributed by atoms with van der Waals surface area (Å²) < 4.78 is 0. The molecule has 0 fully saturated rings. The van der Waals surface area contributed by atoms with Crippen molar-refractivity contribution in [2.75, 3.05) is 11.9 Å². The molecule has 0 spiro atoms. The van der Waals surface area contributed by atoms with Gasteiger partial charge in [-0.15, -0.1) is 0 Å². The van der Waals surface area contributed by atoms with E-state index in [2.05, 4.69) is 17.5 Å². The molecule has 1 heterocycles. The van der Waals surface area contributed by atoms with E-state index in [1.807, 2.05) is 12.1 Å². The topological polar surface area (TPSA) is 35.8 Å². The number of hydrogen-bond acceptors (Lipinski definition) is 2. The van der Waals surface area contributed by atoms with Crippen LogP contribution in [-0.4, -0.2) is 6.54 Å². The minimum Gasteiger partial charge on any atom is -0.383 e. The van der Waals surface area contributed by atoms with Crippen molar-refractivity contribution < 1.29 is 0 Å². The van der Waals surface area contributed by atoms with Crippen molar-refractivity contribution in [2.45, 2.75) is 6.42 Å². The van der Waals surface area contributed by atoms with Crippen LogP contribution in [0.1, 0.15) is 11.1 Å². The number of nitrogens with zero attached hydrogens (tertiary/aromatic N) is 1. The number of rotatable bonds is 0. The summed E-state index contributed by atoms with van der Waals surface area (Å²) in [5.74, 6) is 0. The molecule has 0 saturated carbocycles. The molecule has 1 aliphatic heterocycles. The van der Waals surface area contributed by atoms with Crippen LogP contribution in [0.15, 0.2) is 18.2 Å². The van der Waals surface area contributed by atoms with Gasteiger partial charge in [0.25, 0.3) is 0 Å². The second-order valence-corrected chi connectivity index (χ2v) is 2.63. The minimum absolute atomic E-state index is 0.764. The van der Waals surface area contributed by atoms with E-state index in [0.29, 0.717) is 0 Å². The normalized spacial score (nSPS) is 13.4. The number of para-hydroxylation sites is 1. The van der Waals surface area contributed by atoms with Crippen LogP contribution < -0.4 is 5.32 Å². The van der Waals surface area contributed by atoms with Crippen LogP contribution >= 0.6 is 0 Å². The summed E-state index contributed by atoms with van der Waals surface area (Å²) >= 11 is 0. The first-order valence-corrected chi connectivity index (χ1v) is 3.67. The molecular weight excluding hydrogens is 136 g/mol. The highest BCUT2D eigenvalue weighted by Gasteiger charge is 2.12. The summed E-state index contributed by atoms with van der Waals surface area (Å²) in [5.41, 5.74) is 3.07. The molecule has 0 bridgehead atoms. The Labute approximate surface area is 65.5 Å². The van der Waals surface area contributed by atoms with Gasteiger partial charge in [-0.1, -0.05) is 12.1 Å². The van der Waals surface area contributed by atoms with E-state index >= 15 is 0 Å². The smallest absolute Gasteiger partial charge is 0.101 e. The van der Waals surface area contributed by atoms with Crippen molar-refractivity contribution in [3.8, 4) is 6.07 Å². The highest BCUT2D eigenvalue weighted by molar-refractivity contribution is 5.65. The zero-order chi connectivity index (χ0) is 7.68. The fourth-order valence-corrected chi connectivity index (χ4v) is 1.43. The molecule has 1 aromatic carbocycles. The molecule has 0 saturated heterocycles. The molecule has 11 heavy (non-hydrogen) atoms. The van der Waals surface area contributed by atoms with E-state index < -0.39 is 0 Å². The lowest BCUT2D eigenvalue weighted by atomic mass is 10.1. The summed E-state index contributed by atoms with van der Waals surface area (Å²) in [7, 11) is 0. The van der Waals surface area contributed by atoms with E-state index in [9.17, 15) is 0 Å². The van der Waals surface area contributed by atoms with Gasteiger partial charge in [-0.05, 0) is 18.1 Å². The average Bonchev–Trinajstić information content (AvgIpc) is 2.50. The zero-order valence-corrected chi connectivity index (χ0v) is 6.09. The van der Waals surface area contributed by atoms with E-state index in [1.165, 1.54) is 5.56 Å². The Morgan fingerprint density at radius 1 is 1.45 bits per heavy atom. The Morgan fingerprint density at radius 2 is 2.36 bits per heavy atom. The van der Waals surface area contributed by atoms with Gasteiger partial charge in [-0.2, -0.15) is 5.26 Å². The van der Waals surface area contributed by atoms with Crippen LogP contribution in [0.25, 0.3) is 0 Å². The molecule has 0 aromatic heterocycles. The third-order valence-electron chi connectivity index (χ3n) is 1.97. The molecule has 1 aromatic rings. The minimum atomic E-state index is 0.764. The van der Waals surface area contributed by atoms with Gasteiger partial charge in [0.15, 0.2) is 0 Å². The quantitative estimate of drug-likeness (QED) is 0.599. The Bertz CT molecular complexity index is 323. The fraction of sp³-hybridized carbons (Fsp3) is 0.222. The maximum absolute atomic E-state index is 8.71. The molecule has 0 aliphatic carbocycles. The third kappa shape index (κ3) is 0.857. The summed E-state index contributed by atoms with van der Waals surface area (Å²) in [4.78, 5) is 0. The predicted octanol–water partition coefficient (Wildman–Crippen LogP) is 1.53. The van der Waals surface area contributed by atoms with E-state index in [0.717, 1.165) is 24.2 Å². The summed E-state index contributed by atoms with van der Waals surface area (Å²) in [6.07, 6.45) is 1.05. The number of nitrogens with one attached hydrogen (secondary N) is 1. The van der Waals surface area contributed by atoms with Crippen molar-refractivity contribution >= 4 is 5.69 Å². The largest absolute Gasteiger partial charge is 0.383 e. The number of anilines is 1. The predicted molar refractivity (Wildman–Crippen MR) is 43.4 cm³/mol. The average molecular weight is 144 g/mol. The Kier molecular flexibility index (Phi) is 1.29. The summed E-state index contributed by atoms with van der Waals surface area (Å²) in [5, 5.41) is 11.9. The Hall–Kier alpha value is -1.49. The summed E-state index contributed by atoms with van der Waals surface area (Å²) in [6, 6.07) is 8.01. The standard InChI is InChI=1S/C9H8N2/c10-6-8-3-1-2-7-4-5-11-9(7)8/h1-3,11H,4-5H2. The first kappa shape index (κ1) is 6.23. The van der Waals surface area contributed by atoms with E-state index in [-0.39, 0.29) is 0 Å². The van der Waals surface area contributed by atoms with Crippen LogP contribution in [0.3, 0.4) is 0 Å². The number of benzene rings is 1. The molecular formula is C9H8N2. The number of hydrogen-bond donors (Lipinski definition) is 1. The third-order valence-corrected chi connectivity index (χ3v) is 1.97. The van der Waals surface area contributed by atoms with Crippen molar-refractivity contribution in [3.05, 3.63) is 29.3 Å². The molecule has 2 heteroatoms. The van der Waals surface area contributed by atoms with Gasteiger partial charge in [0.2, 0.25) is 0 Å². The molecule has 0 radical (unpaired) electrons. The van der Waals surface area contributed by atoms with E-state index in [1.54, 1.807) is 0 Å². The van der Waals surface area contributed by atoms with Crippen molar-refractivity contribution in [1.82, 2.24) is 0 Å². The van der Waals surface area contributed by atoms with Gasteiger partial charge in [0.1, 0.15) is 6.07 Å². The maximum atomic E-state index is 8.71. The second kappa shape index (κ2) is 2.28. The molecule has 1 aliphatic rings. The number of nitriles is 1. The van der Waals surface area contributed by atoms with Gasteiger partial charge < -0.3 is 5.32 Å². The SMILES string of the molecule is N#Cc1cccc2c1NCC2. The Morgan fingerprint density at radius 3 is 3.18 bits per heavy atom. The molecule has 54 valence electrons. The fourth-order valence-electron chi connectivity index (χ4n) is 1.43.